The Kier molecular flexibility index (Phi) is 6.43. The molecule has 1 aromatic heterocycles. The van der Waals surface area contributed by atoms with E-state index in [1.807, 2.05) is 24.3 Å². The average Bonchev–Trinajstić information content (AvgIpc) is 2.98. The topological polar surface area (TPSA) is 56.1 Å². The highest BCUT2D eigenvalue weighted by Crippen LogP contribution is 2.27. The molecule has 3 aromatic rings. The Hall–Kier alpha value is -1.73. The maximum atomic E-state index is 12.3. The zero-order valence-electron chi connectivity index (χ0n) is 14.0. The number of carbonyl (C=O) groups excluding carboxylic acids is 1. The number of imidazole rings is 1. The van der Waals surface area contributed by atoms with Gasteiger partial charge in [-0.3, -0.25) is 4.79 Å². The van der Waals surface area contributed by atoms with Gasteiger partial charge in [0.15, 0.2) is 5.16 Å². The van der Waals surface area contributed by atoms with Crippen LogP contribution >= 0.6 is 35.0 Å². The van der Waals surface area contributed by atoms with Crippen molar-refractivity contribution in [2.24, 2.45) is 0 Å². The Balaban J connectivity index is 1.71. The minimum Gasteiger partial charge on any atom is -0.383 e. The van der Waals surface area contributed by atoms with E-state index in [-0.39, 0.29) is 11.7 Å². The van der Waals surface area contributed by atoms with Crippen molar-refractivity contribution in [3.63, 3.8) is 0 Å². The molecule has 0 bridgehead atoms. The molecule has 5 nitrogen and oxygen atoms in total. The van der Waals surface area contributed by atoms with Gasteiger partial charge in [-0.2, -0.15) is 0 Å². The summed E-state index contributed by atoms with van der Waals surface area (Å²) in [6.45, 7) is 1.24. The number of fused-ring (bicyclic) bond motifs is 1. The van der Waals surface area contributed by atoms with Crippen molar-refractivity contribution < 1.29 is 9.53 Å². The molecule has 0 aliphatic rings. The lowest BCUT2D eigenvalue weighted by atomic mass is 10.3. The van der Waals surface area contributed by atoms with Gasteiger partial charge in [-0.05, 0) is 30.3 Å². The summed E-state index contributed by atoms with van der Waals surface area (Å²) < 4.78 is 7.25. The summed E-state index contributed by atoms with van der Waals surface area (Å²) in [6.07, 6.45) is 0. The van der Waals surface area contributed by atoms with Gasteiger partial charge in [0.05, 0.1) is 34.1 Å². The van der Waals surface area contributed by atoms with Crippen molar-refractivity contribution in [1.82, 2.24) is 9.55 Å². The number of para-hydroxylation sites is 2. The fourth-order valence-corrected chi connectivity index (χ4v) is 3.77. The third kappa shape index (κ3) is 4.51. The highest BCUT2D eigenvalue weighted by molar-refractivity contribution is 7.99. The number of hydrogen-bond donors (Lipinski definition) is 1. The number of rotatable bonds is 7. The molecule has 0 saturated carbocycles. The van der Waals surface area contributed by atoms with Crippen molar-refractivity contribution in [2.75, 3.05) is 24.8 Å². The lowest BCUT2D eigenvalue weighted by Gasteiger charge is -2.09. The van der Waals surface area contributed by atoms with E-state index in [0.717, 1.165) is 16.2 Å². The van der Waals surface area contributed by atoms with Crippen LogP contribution in [0.15, 0.2) is 47.6 Å². The Morgan fingerprint density at radius 2 is 2.08 bits per heavy atom. The van der Waals surface area contributed by atoms with Gasteiger partial charge in [0.1, 0.15) is 0 Å². The van der Waals surface area contributed by atoms with Crippen LogP contribution < -0.4 is 5.32 Å². The number of nitrogens with zero attached hydrogens (tertiary/aromatic N) is 2. The van der Waals surface area contributed by atoms with Gasteiger partial charge in [0.2, 0.25) is 5.91 Å². The largest absolute Gasteiger partial charge is 0.383 e. The summed E-state index contributed by atoms with van der Waals surface area (Å²) in [5.41, 5.74) is 2.45. The Bertz CT molecular complexity index is 930. The highest BCUT2D eigenvalue weighted by Gasteiger charge is 2.13. The first-order chi connectivity index (χ1) is 12.6. The lowest BCUT2D eigenvalue weighted by molar-refractivity contribution is -0.113. The van der Waals surface area contributed by atoms with Gasteiger partial charge < -0.3 is 14.6 Å². The van der Waals surface area contributed by atoms with Crippen molar-refractivity contribution in [3.05, 3.63) is 52.5 Å². The Labute approximate surface area is 165 Å². The molecule has 0 fully saturated rings. The number of nitrogens with one attached hydrogen (secondary N) is 1. The summed E-state index contributed by atoms with van der Waals surface area (Å²) in [5.74, 6) is 0.0551. The number of benzene rings is 2. The highest BCUT2D eigenvalue weighted by atomic mass is 35.5. The predicted octanol–water partition coefficient (Wildman–Crippen LogP) is 4.72. The number of amides is 1. The van der Waals surface area contributed by atoms with E-state index in [9.17, 15) is 4.79 Å². The molecule has 1 N–H and O–H groups in total. The van der Waals surface area contributed by atoms with Crippen LogP contribution in [-0.2, 0) is 16.1 Å². The molecule has 0 spiro atoms. The minimum absolute atomic E-state index is 0.162. The molecule has 8 heteroatoms. The standard InChI is InChI=1S/C18H17Cl2N3O2S/c1-25-9-8-23-16-5-3-2-4-15(16)22-18(23)26-11-17(24)21-14-7-6-12(19)10-13(14)20/h2-7,10H,8-9,11H2,1H3,(H,21,24). The normalized spacial score (nSPS) is 11.0. The molecule has 1 amide bonds. The summed E-state index contributed by atoms with van der Waals surface area (Å²) in [4.78, 5) is 16.9. The first-order valence-corrected chi connectivity index (χ1v) is 9.64. The van der Waals surface area contributed by atoms with Crippen LogP contribution in [0.5, 0.6) is 0 Å². The van der Waals surface area contributed by atoms with Gasteiger partial charge in [-0.25, -0.2) is 4.98 Å². The molecule has 0 unspecified atom stereocenters. The third-order valence-electron chi connectivity index (χ3n) is 3.68. The first-order valence-electron chi connectivity index (χ1n) is 7.90. The third-order valence-corrected chi connectivity index (χ3v) is 5.20. The van der Waals surface area contributed by atoms with Crippen LogP contribution in [0.3, 0.4) is 0 Å². The van der Waals surface area contributed by atoms with E-state index in [0.29, 0.717) is 28.9 Å². The first kappa shape index (κ1) is 19.0. The van der Waals surface area contributed by atoms with Crippen molar-refractivity contribution >= 4 is 57.6 Å². The number of aromatic nitrogens is 2. The zero-order chi connectivity index (χ0) is 18.5. The molecule has 0 radical (unpaired) electrons. The maximum Gasteiger partial charge on any atom is 0.234 e. The Morgan fingerprint density at radius 3 is 2.85 bits per heavy atom. The van der Waals surface area contributed by atoms with Crippen molar-refractivity contribution in [2.45, 2.75) is 11.7 Å². The van der Waals surface area contributed by atoms with Crippen LogP contribution in [0.4, 0.5) is 5.69 Å². The van der Waals surface area contributed by atoms with E-state index in [2.05, 4.69) is 14.9 Å². The molecule has 136 valence electrons. The second-order valence-corrected chi connectivity index (χ2v) is 7.27. The van der Waals surface area contributed by atoms with E-state index in [1.54, 1.807) is 25.3 Å². The van der Waals surface area contributed by atoms with Crippen LogP contribution in [-0.4, -0.2) is 34.9 Å². The second kappa shape index (κ2) is 8.77. The van der Waals surface area contributed by atoms with E-state index >= 15 is 0 Å². The van der Waals surface area contributed by atoms with Crippen molar-refractivity contribution in [1.29, 1.82) is 0 Å². The number of carbonyl (C=O) groups is 1. The SMILES string of the molecule is COCCn1c(SCC(=O)Nc2ccc(Cl)cc2Cl)nc2ccccc21. The van der Waals surface area contributed by atoms with E-state index in [4.69, 9.17) is 27.9 Å². The fourth-order valence-electron chi connectivity index (χ4n) is 2.47. The molecule has 3 rings (SSSR count). The molecule has 26 heavy (non-hydrogen) atoms. The smallest absolute Gasteiger partial charge is 0.234 e. The number of ether oxygens (including phenoxy) is 1. The molecule has 0 saturated heterocycles. The second-order valence-electron chi connectivity index (χ2n) is 5.49. The molecule has 0 aliphatic heterocycles. The molecule has 0 atom stereocenters. The number of methoxy groups -OCH3 is 1. The van der Waals surface area contributed by atoms with Gasteiger partial charge in [0, 0.05) is 18.7 Å². The molecule has 0 aliphatic carbocycles. The quantitative estimate of drug-likeness (QED) is 0.573. The summed E-state index contributed by atoms with van der Waals surface area (Å²) >= 11 is 13.3. The number of hydrogen-bond acceptors (Lipinski definition) is 4. The summed E-state index contributed by atoms with van der Waals surface area (Å²) in [5, 5.41) is 4.50. The van der Waals surface area contributed by atoms with Crippen LogP contribution in [0, 0.1) is 0 Å². The summed E-state index contributed by atoms with van der Waals surface area (Å²) in [7, 11) is 1.66. The zero-order valence-corrected chi connectivity index (χ0v) is 16.4. The predicted molar refractivity (Wildman–Crippen MR) is 107 cm³/mol. The number of halogens is 2. The van der Waals surface area contributed by atoms with E-state index < -0.39 is 0 Å². The average molecular weight is 410 g/mol. The minimum atomic E-state index is -0.162. The van der Waals surface area contributed by atoms with Gasteiger partial charge in [-0.15, -0.1) is 0 Å². The number of thioether (sulfide) groups is 1. The Morgan fingerprint density at radius 1 is 1.27 bits per heavy atom. The van der Waals surface area contributed by atoms with Crippen molar-refractivity contribution in [3.8, 4) is 0 Å². The van der Waals surface area contributed by atoms with Crippen LogP contribution in [0.2, 0.25) is 10.0 Å². The molecule has 2 aromatic carbocycles. The van der Waals surface area contributed by atoms with Gasteiger partial charge in [-0.1, -0.05) is 47.1 Å². The molecular weight excluding hydrogens is 393 g/mol. The van der Waals surface area contributed by atoms with Gasteiger partial charge >= 0.3 is 0 Å². The van der Waals surface area contributed by atoms with Crippen LogP contribution in [0.1, 0.15) is 0 Å². The number of anilines is 1. The maximum absolute atomic E-state index is 12.3. The fraction of sp³-hybridized carbons (Fsp3) is 0.222. The molecular formula is C18H17Cl2N3O2S. The van der Waals surface area contributed by atoms with Crippen LogP contribution in [0.25, 0.3) is 11.0 Å². The monoisotopic (exact) mass is 409 g/mol. The lowest BCUT2D eigenvalue weighted by Crippen LogP contribution is -2.15. The summed E-state index contributed by atoms with van der Waals surface area (Å²) in [6, 6.07) is 12.8. The molecule has 1 heterocycles. The van der Waals surface area contributed by atoms with E-state index in [1.165, 1.54) is 11.8 Å². The van der Waals surface area contributed by atoms with Gasteiger partial charge in [0.25, 0.3) is 0 Å².